The number of imidazole rings is 1. The minimum Gasteiger partial charge on any atom is -0.379 e. The first-order valence-corrected chi connectivity index (χ1v) is 9.57. The molecule has 0 radical (unpaired) electrons. The van der Waals surface area contributed by atoms with Crippen LogP contribution in [0.5, 0.6) is 0 Å². The summed E-state index contributed by atoms with van der Waals surface area (Å²) in [6.07, 6.45) is 8.27. The van der Waals surface area contributed by atoms with Crippen molar-refractivity contribution in [2.75, 3.05) is 32.9 Å². The third-order valence-corrected chi connectivity index (χ3v) is 6.19. The van der Waals surface area contributed by atoms with Crippen LogP contribution in [-0.4, -0.2) is 68.0 Å². The van der Waals surface area contributed by atoms with Crippen molar-refractivity contribution in [1.29, 1.82) is 0 Å². The molecule has 2 aromatic heterocycles. The van der Waals surface area contributed by atoms with Crippen molar-refractivity contribution in [2.24, 2.45) is 5.92 Å². The molecule has 0 spiro atoms. The molecule has 2 aromatic rings. The Morgan fingerprint density at radius 2 is 2.12 bits per heavy atom. The molecule has 1 unspecified atom stereocenters. The Bertz CT molecular complexity index is 754. The highest BCUT2D eigenvalue weighted by Gasteiger charge is 2.56. The van der Waals surface area contributed by atoms with E-state index in [4.69, 9.17) is 9.47 Å². The summed E-state index contributed by atoms with van der Waals surface area (Å²) in [7, 11) is 0. The van der Waals surface area contributed by atoms with E-state index in [1.165, 1.54) is 0 Å². The number of hydrogen-bond acceptors (Lipinski definition) is 6. The van der Waals surface area contributed by atoms with E-state index in [0.717, 1.165) is 69.7 Å². The fraction of sp³-hybridized carbons (Fsp3) is 0.722. The van der Waals surface area contributed by atoms with E-state index < -0.39 is 0 Å². The first-order chi connectivity index (χ1) is 12.7. The van der Waals surface area contributed by atoms with Gasteiger partial charge in [-0.1, -0.05) is 5.21 Å². The van der Waals surface area contributed by atoms with Gasteiger partial charge in [0.05, 0.1) is 50.7 Å². The quantitative estimate of drug-likeness (QED) is 0.770. The molecule has 4 fully saturated rings. The lowest BCUT2D eigenvalue weighted by molar-refractivity contribution is -0.0434. The summed E-state index contributed by atoms with van der Waals surface area (Å²) in [6.45, 7) is 8.18. The van der Waals surface area contributed by atoms with Crippen molar-refractivity contribution in [3.8, 4) is 0 Å². The van der Waals surface area contributed by atoms with Gasteiger partial charge < -0.3 is 14.0 Å². The van der Waals surface area contributed by atoms with Crippen LogP contribution in [0.2, 0.25) is 0 Å². The number of aromatic nitrogens is 5. The molecule has 8 heteroatoms. The van der Waals surface area contributed by atoms with Gasteiger partial charge in [-0.2, -0.15) is 0 Å². The van der Waals surface area contributed by atoms with Crippen LogP contribution in [0.25, 0.3) is 0 Å². The van der Waals surface area contributed by atoms with Gasteiger partial charge in [0.1, 0.15) is 11.5 Å². The van der Waals surface area contributed by atoms with Gasteiger partial charge in [-0.15, -0.1) is 5.10 Å². The number of rotatable bonds is 6. The number of nitrogens with zero attached hydrogens (tertiary/aromatic N) is 6. The smallest absolute Gasteiger partial charge is 0.123 e. The standard InChI is InChI=1S/C18H26N6O2/c1-14(18-8-15(9-18)13-26-18)24-11-16(20-21-24)10-23-3-2-19-17(23)12-22-4-6-25-7-5-22/h2-3,11,14-15H,4-10,12-13H2,1H3. The zero-order valence-electron chi connectivity index (χ0n) is 15.3. The van der Waals surface area contributed by atoms with Gasteiger partial charge in [0, 0.05) is 25.5 Å². The average molecular weight is 358 g/mol. The van der Waals surface area contributed by atoms with Crippen LogP contribution in [0.15, 0.2) is 18.6 Å². The predicted octanol–water partition coefficient (Wildman–Crippen LogP) is 1.10. The largest absolute Gasteiger partial charge is 0.379 e. The van der Waals surface area contributed by atoms with Gasteiger partial charge in [0.15, 0.2) is 0 Å². The molecular weight excluding hydrogens is 332 g/mol. The molecule has 0 aromatic carbocycles. The second kappa shape index (κ2) is 6.44. The molecule has 3 aliphatic heterocycles. The van der Waals surface area contributed by atoms with E-state index in [1.54, 1.807) is 0 Å². The highest BCUT2D eigenvalue weighted by molar-refractivity contribution is 5.08. The van der Waals surface area contributed by atoms with Crippen LogP contribution in [0.1, 0.15) is 37.3 Å². The molecule has 0 N–H and O–H groups in total. The van der Waals surface area contributed by atoms with Gasteiger partial charge in [-0.05, 0) is 25.7 Å². The van der Waals surface area contributed by atoms with E-state index >= 15 is 0 Å². The first kappa shape index (κ1) is 16.4. The fourth-order valence-corrected chi connectivity index (χ4v) is 4.48. The molecule has 140 valence electrons. The van der Waals surface area contributed by atoms with E-state index in [9.17, 15) is 0 Å². The molecule has 2 bridgehead atoms. The van der Waals surface area contributed by atoms with Gasteiger partial charge >= 0.3 is 0 Å². The van der Waals surface area contributed by atoms with Crippen LogP contribution in [0, 0.1) is 5.92 Å². The summed E-state index contributed by atoms with van der Waals surface area (Å²) in [5.74, 6) is 1.82. The number of ether oxygens (including phenoxy) is 2. The maximum Gasteiger partial charge on any atom is 0.123 e. The van der Waals surface area contributed by atoms with E-state index in [0.29, 0.717) is 6.54 Å². The summed E-state index contributed by atoms with van der Waals surface area (Å²) in [4.78, 5) is 6.91. The molecule has 3 saturated heterocycles. The molecule has 1 saturated carbocycles. The average Bonchev–Trinajstić information content (AvgIpc) is 3.39. The Labute approximate surface area is 153 Å². The van der Waals surface area contributed by atoms with Crippen LogP contribution >= 0.6 is 0 Å². The normalized spacial score (nSPS) is 29.7. The molecular formula is C18H26N6O2. The van der Waals surface area contributed by atoms with Crippen molar-refractivity contribution in [3.05, 3.63) is 30.1 Å². The van der Waals surface area contributed by atoms with Crippen molar-refractivity contribution in [2.45, 2.75) is 44.5 Å². The SMILES string of the molecule is CC(n1cc(Cn2ccnc2CN2CCOCC2)nn1)C12CC(CO1)C2. The Hall–Kier alpha value is -1.77. The Morgan fingerprint density at radius 3 is 2.88 bits per heavy atom. The summed E-state index contributed by atoms with van der Waals surface area (Å²) >= 11 is 0. The molecule has 26 heavy (non-hydrogen) atoms. The van der Waals surface area contributed by atoms with Crippen LogP contribution < -0.4 is 0 Å². The van der Waals surface area contributed by atoms with Crippen LogP contribution in [0.4, 0.5) is 0 Å². The van der Waals surface area contributed by atoms with Crippen molar-refractivity contribution < 1.29 is 9.47 Å². The maximum absolute atomic E-state index is 6.03. The maximum atomic E-state index is 6.03. The van der Waals surface area contributed by atoms with Crippen LogP contribution in [0.3, 0.4) is 0 Å². The number of morpholine rings is 1. The molecule has 1 aliphatic carbocycles. The Morgan fingerprint density at radius 1 is 1.27 bits per heavy atom. The molecule has 0 amide bonds. The van der Waals surface area contributed by atoms with Crippen molar-refractivity contribution in [3.63, 3.8) is 0 Å². The van der Waals surface area contributed by atoms with Gasteiger partial charge in [0.2, 0.25) is 0 Å². The van der Waals surface area contributed by atoms with Crippen molar-refractivity contribution in [1.82, 2.24) is 29.4 Å². The molecule has 1 atom stereocenters. The topological polar surface area (TPSA) is 70.2 Å². The lowest BCUT2D eigenvalue weighted by atomic mass is 9.71. The van der Waals surface area contributed by atoms with Gasteiger partial charge in [0.25, 0.3) is 0 Å². The zero-order chi connectivity index (χ0) is 17.6. The van der Waals surface area contributed by atoms with E-state index in [1.807, 2.05) is 17.1 Å². The number of fused-ring (bicyclic) bond motifs is 1. The first-order valence-electron chi connectivity index (χ1n) is 9.57. The third kappa shape index (κ3) is 2.86. The second-order valence-electron chi connectivity index (χ2n) is 7.88. The molecule has 4 aliphatic rings. The molecule has 6 rings (SSSR count). The summed E-state index contributed by atoms with van der Waals surface area (Å²) in [6, 6.07) is 0.234. The fourth-order valence-electron chi connectivity index (χ4n) is 4.48. The van der Waals surface area contributed by atoms with Crippen LogP contribution in [-0.2, 0) is 22.6 Å². The zero-order valence-corrected chi connectivity index (χ0v) is 15.3. The predicted molar refractivity (Wildman–Crippen MR) is 93.6 cm³/mol. The van der Waals surface area contributed by atoms with E-state index in [2.05, 4.69) is 37.9 Å². The summed E-state index contributed by atoms with van der Waals surface area (Å²) in [5, 5.41) is 8.78. The third-order valence-electron chi connectivity index (χ3n) is 6.19. The second-order valence-corrected chi connectivity index (χ2v) is 7.88. The molecule has 5 heterocycles. The monoisotopic (exact) mass is 358 g/mol. The minimum absolute atomic E-state index is 0.00780. The number of hydrogen-bond donors (Lipinski definition) is 0. The van der Waals surface area contributed by atoms with Crippen molar-refractivity contribution >= 4 is 0 Å². The lowest BCUT2D eigenvalue weighted by Crippen LogP contribution is -2.44. The summed E-state index contributed by atoms with van der Waals surface area (Å²) < 4.78 is 15.6. The van der Waals surface area contributed by atoms with Gasteiger partial charge in [-0.25, -0.2) is 9.67 Å². The van der Waals surface area contributed by atoms with E-state index in [-0.39, 0.29) is 11.6 Å². The highest BCUT2D eigenvalue weighted by Crippen LogP contribution is 2.53. The van der Waals surface area contributed by atoms with Gasteiger partial charge in [-0.3, -0.25) is 4.90 Å². The highest BCUT2D eigenvalue weighted by atomic mass is 16.5. The minimum atomic E-state index is -0.00780. The molecule has 8 nitrogen and oxygen atoms in total. The Balaban J connectivity index is 1.26. The summed E-state index contributed by atoms with van der Waals surface area (Å²) in [5.41, 5.74) is 0.954. The lowest BCUT2D eigenvalue weighted by Gasteiger charge is -2.40. The Kier molecular flexibility index (Phi) is 4.06.